The van der Waals surface area contributed by atoms with E-state index in [0.717, 1.165) is 11.1 Å². The van der Waals surface area contributed by atoms with Gasteiger partial charge in [0.2, 0.25) is 0 Å². The second-order valence-corrected chi connectivity index (χ2v) is 4.54. The first kappa shape index (κ1) is 15.2. The van der Waals surface area contributed by atoms with Crippen LogP contribution >= 0.6 is 0 Å². The van der Waals surface area contributed by atoms with E-state index in [0.29, 0.717) is 5.69 Å². The van der Waals surface area contributed by atoms with Gasteiger partial charge in [0.25, 0.3) is 0 Å². The fraction of sp³-hybridized carbons (Fsp3) is 0.0625. The molecule has 1 aromatic heterocycles. The minimum Gasteiger partial charge on any atom is -0.308 e. The molecule has 0 atom stereocenters. The van der Waals surface area contributed by atoms with Crippen LogP contribution in [0.1, 0.15) is 11.1 Å². The molecule has 0 bridgehead atoms. The lowest BCUT2D eigenvalue weighted by Gasteiger charge is -2.09. The van der Waals surface area contributed by atoms with Crippen LogP contribution in [0.5, 0.6) is 0 Å². The van der Waals surface area contributed by atoms with Gasteiger partial charge >= 0.3 is 11.7 Å². The van der Waals surface area contributed by atoms with E-state index in [1.165, 1.54) is 16.8 Å². The number of aromatic nitrogens is 2. The van der Waals surface area contributed by atoms with Gasteiger partial charge in [-0.2, -0.15) is 4.98 Å². The van der Waals surface area contributed by atoms with Gasteiger partial charge in [-0.25, -0.2) is 9.59 Å². The Bertz CT molecular complexity index is 793. The highest BCUT2D eigenvalue weighted by atomic mass is 16.2. The number of carbonyl (C=O) groups is 1. The summed E-state index contributed by atoms with van der Waals surface area (Å²) in [6, 6.07) is 6.41. The fourth-order valence-corrected chi connectivity index (χ4v) is 1.83. The zero-order chi connectivity index (χ0) is 16.1. The molecule has 112 valence electrons. The molecular formula is C16H16N4O2. The first-order valence-corrected chi connectivity index (χ1v) is 6.54. The number of hydrogen-bond acceptors (Lipinski definition) is 3. The van der Waals surface area contributed by atoms with E-state index in [2.05, 4.69) is 28.8 Å². The molecule has 2 N–H and O–H groups in total. The normalized spacial score (nSPS) is 9.86. The zero-order valence-electron chi connectivity index (χ0n) is 12.2. The Morgan fingerprint density at radius 2 is 1.91 bits per heavy atom. The van der Waals surface area contributed by atoms with Gasteiger partial charge in [-0.15, -0.1) is 0 Å². The van der Waals surface area contributed by atoms with E-state index in [1.54, 1.807) is 31.3 Å². The van der Waals surface area contributed by atoms with Crippen LogP contribution in [0.15, 0.2) is 48.4 Å². The second kappa shape index (κ2) is 6.53. The van der Waals surface area contributed by atoms with Gasteiger partial charge in [-0.05, 0) is 29.3 Å². The van der Waals surface area contributed by atoms with Gasteiger partial charge in [0.15, 0.2) is 0 Å². The van der Waals surface area contributed by atoms with E-state index >= 15 is 0 Å². The van der Waals surface area contributed by atoms with Crippen molar-refractivity contribution in [3.63, 3.8) is 0 Å². The van der Waals surface area contributed by atoms with Crippen molar-refractivity contribution in [3.8, 4) is 0 Å². The maximum Gasteiger partial charge on any atom is 0.349 e. The van der Waals surface area contributed by atoms with Crippen molar-refractivity contribution < 1.29 is 4.79 Å². The van der Waals surface area contributed by atoms with E-state index in [1.807, 2.05) is 6.07 Å². The molecule has 2 aromatic rings. The standard InChI is InChI=1S/C16H16N4O2/c1-4-11-6-7-13(10-12(11)5-2)17-15(21)18-14-8-9-20(3)16(22)19-14/h4-10H,1-2H2,3H3,(H2,17,18,19,21,22). The summed E-state index contributed by atoms with van der Waals surface area (Å²) in [5, 5.41) is 5.17. The van der Waals surface area contributed by atoms with Crippen molar-refractivity contribution >= 4 is 29.7 Å². The third-order valence-corrected chi connectivity index (χ3v) is 3.00. The summed E-state index contributed by atoms with van der Waals surface area (Å²) in [5.41, 5.74) is 1.94. The molecule has 0 saturated carbocycles. The molecule has 0 aliphatic heterocycles. The molecule has 0 aliphatic rings. The molecule has 2 rings (SSSR count). The Balaban J connectivity index is 2.11. The molecule has 6 nitrogen and oxygen atoms in total. The van der Waals surface area contributed by atoms with Crippen LogP contribution in [-0.4, -0.2) is 15.6 Å². The summed E-state index contributed by atoms with van der Waals surface area (Å²) in [6.45, 7) is 7.44. The van der Waals surface area contributed by atoms with Gasteiger partial charge in [0, 0.05) is 18.9 Å². The van der Waals surface area contributed by atoms with Crippen LogP contribution in [0, 0.1) is 0 Å². The Labute approximate surface area is 127 Å². The lowest BCUT2D eigenvalue weighted by molar-refractivity contribution is 0.262. The van der Waals surface area contributed by atoms with Crippen LogP contribution in [0.3, 0.4) is 0 Å². The van der Waals surface area contributed by atoms with E-state index in [9.17, 15) is 9.59 Å². The van der Waals surface area contributed by atoms with Gasteiger partial charge in [0.05, 0.1) is 0 Å². The number of rotatable bonds is 4. The smallest absolute Gasteiger partial charge is 0.308 e. The maximum absolute atomic E-state index is 11.9. The second-order valence-electron chi connectivity index (χ2n) is 4.54. The molecule has 0 unspecified atom stereocenters. The van der Waals surface area contributed by atoms with Gasteiger partial charge in [0.1, 0.15) is 5.82 Å². The van der Waals surface area contributed by atoms with Crippen molar-refractivity contribution in [2.75, 3.05) is 10.6 Å². The van der Waals surface area contributed by atoms with E-state index in [4.69, 9.17) is 0 Å². The minimum absolute atomic E-state index is 0.187. The molecule has 0 spiro atoms. The van der Waals surface area contributed by atoms with Crippen molar-refractivity contribution in [1.29, 1.82) is 0 Å². The maximum atomic E-state index is 11.9. The number of benzene rings is 1. The zero-order valence-corrected chi connectivity index (χ0v) is 12.2. The predicted molar refractivity (Wildman–Crippen MR) is 88.7 cm³/mol. The molecule has 2 amide bonds. The third kappa shape index (κ3) is 3.49. The average Bonchev–Trinajstić information content (AvgIpc) is 2.50. The first-order chi connectivity index (χ1) is 10.5. The molecule has 0 aliphatic carbocycles. The molecule has 22 heavy (non-hydrogen) atoms. The van der Waals surface area contributed by atoms with Crippen molar-refractivity contribution in [1.82, 2.24) is 9.55 Å². The SMILES string of the molecule is C=Cc1ccc(NC(=O)Nc2ccn(C)c(=O)n2)cc1C=C. The summed E-state index contributed by atoms with van der Waals surface area (Å²) < 4.78 is 1.31. The summed E-state index contributed by atoms with van der Waals surface area (Å²) in [5.74, 6) is 0.187. The van der Waals surface area contributed by atoms with Crippen LogP contribution < -0.4 is 16.3 Å². The first-order valence-electron chi connectivity index (χ1n) is 6.54. The minimum atomic E-state index is -0.484. The van der Waals surface area contributed by atoms with Gasteiger partial charge in [-0.1, -0.05) is 31.4 Å². The quantitative estimate of drug-likeness (QED) is 0.910. The number of urea groups is 1. The number of carbonyl (C=O) groups excluding carboxylic acids is 1. The molecule has 0 saturated heterocycles. The summed E-state index contributed by atoms with van der Waals surface area (Å²) in [4.78, 5) is 27.0. The van der Waals surface area contributed by atoms with Crippen LogP contribution in [0.4, 0.5) is 16.3 Å². The Morgan fingerprint density at radius 3 is 2.55 bits per heavy atom. The van der Waals surface area contributed by atoms with Crippen LogP contribution in [0.25, 0.3) is 12.2 Å². The van der Waals surface area contributed by atoms with E-state index < -0.39 is 11.7 Å². The highest BCUT2D eigenvalue weighted by Crippen LogP contribution is 2.18. The van der Waals surface area contributed by atoms with E-state index in [-0.39, 0.29) is 5.82 Å². The summed E-state index contributed by atoms with van der Waals surface area (Å²) in [7, 11) is 1.58. The number of nitrogens with one attached hydrogen (secondary N) is 2. The fourth-order valence-electron chi connectivity index (χ4n) is 1.83. The largest absolute Gasteiger partial charge is 0.349 e. The number of hydrogen-bond donors (Lipinski definition) is 2. The molecule has 1 aromatic carbocycles. The lowest BCUT2D eigenvalue weighted by atomic mass is 10.1. The predicted octanol–water partition coefficient (Wildman–Crippen LogP) is 2.71. The molecule has 6 heteroatoms. The highest BCUT2D eigenvalue weighted by Gasteiger charge is 2.06. The molecule has 0 radical (unpaired) electrons. The average molecular weight is 296 g/mol. The third-order valence-electron chi connectivity index (χ3n) is 3.00. The Hall–Kier alpha value is -3.15. The lowest BCUT2D eigenvalue weighted by Crippen LogP contribution is -2.25. The van der Waals surface area contributed by atoms with Crippen LogP contribution in [-0.2, 0) is 7.05 Å². The summed E-state index contributed by atoms with van der Waals surface area (Å²) >= 11 is 0. The number of anilines is 2. The topological polar surface area (TPSA) is 76.0 Å². The Kier molecular flexibility index (Phi) is 4.53. The van der Waals surface area contributed by atoms with Gasteiger partial charge < -0.3 is 9.88 Å². The summed E-state index contributed by atoms with van der Waals surface area (Å²) in [6.07, 6.45) is 4.92. The number of nitrogens with zero attached hydrogens (tertiary/aromatic N) is 2. The monoisotopic (exact) mass is 296 g/mol. The Morgan fingerprint density at radius 1 is 1.18 bits per heavy atom. The van der Waals surface area contributed by atoms with Crippen molar-refractivity contribution in [3.05, 3.63) is 65.2 Å². The number of aryl methyl sites for hydroxylation is 1. The highest BCUT2D eigenvalue weighted by molar-refractivity contribution is 5.99. The van der Waals surface area contributed by atoms with Gasteiger partial charge in [-0.3, -0.25) is 5.32 Å². The van der Waals surface area contributed by atoms with Crippen molar-refractivity contribution in [2.24, 2.45) is 7.05 Å². The molecule has 0 fully saturated rings. The molecule has 1 heterocycles. The van der Waals surface area contributed by atoms with Crippen molar-refractivity contribution in [2.45, 2.75) is 0 Å². The molecular weight excluding hydrogens is 280 g/mol. The number of amides is 2. The van der Waals surface area contributed by atoms with Crippen LogP contribution in [0.2, 0.25) is 0 Å².